The van der Waals surface area contributed by atoms with E-state index in [2.05, 4.69) is 0 Å². The number of nitrogens with zero attached hydrogens (tertiary/aromatic N) is 2. The molecule has 50 heavy (non-hydrogen) atoms. The molecule has 0 atom stereocenters. The first kappa shape index (κ1) is 18.8. The van der Waals surface area contributed by atoms with Crippen molar-refractivity contribution in [1.29, 1.82) is 0 Å². The largest absolute Gasteiger partial charge is 0.309 e. The zero-order valence-corrected chi connectivity index (χ0v) is 26.4. The maximum atomic E-state index is 9.96. The standard InChI is InChI=1S/C48H32N2/c1-5-13-33(14-6-1)35-21-25-45-41(29-35)43-31-37(23-27-47(43)49(45)39-17-9-3-10-18-39)38-24-28-48-44(32-38)42-30-36(34-15-7-2-8-16-34)22-26-46(42)50(48)40-19-11-4-12-20-40/h1-32H/i21D,22D,23D,24D,25D,26D,27D,28D,29D,30D,31D,32D. The molecule has 0 bridgehead atoms. The van der Waals surface area contributed by atoms with Gasteiger partial charge in [0.05, 0.1) is 38.5 Å². The summed E-state index contributed by atoms with van der Waals surface area (Å²) in [6, 6.07) is 31.0. The Morgan fingerprint density at radius 1 is 0.280 bits per heavy atom. The number of fused-ring (bicyclic) bond motifs is 6. The van der Waals surface area contributed by atoms with E-state index in [1.54, 1.807) is 121 Å². The highest BCUT2D eigenvalue weighted by atomic mass is 15.0. The van der Waals surface area contributed by atoms with Gasteiger partial charge >= 0.3 is 0 Å². The Labute approximate surface area is 307 Å². The lowest BCUT2D eigenvalue weighted by Gasteiger charge is -2.09. The van der Waals surface area contributed by atoms with E-state index in [1.165, 1.54) is 9.13 Å². The fourth-order valence-corrected chi connectivity index (χ4v) is 6.64. The van der Waals surface area contributed by atoms with Gasteiger partial charge in [-0.2, -0.15) is 0 Å². The first-order valence-electron chi connectivity index (χ1n) is 22.2. The Bertz CT molecular complexity index is 3280. The summed E-state index contributed by atoms with van der Waals surface area (Å²) >= 11 is 0. The molecule has 0 aliphatic rings. The van der Waals surface area contributed by atoms with Crippen LogP contribution in [0.4, 0.5) is 0 Å². The third-order valence-electron chi connectivity index (χ3n) is 8.97. The van der Waals surface area contributed by atoms with E-state index in [0.29, 0.717) is 22.5 Å². The second-order valence-electron chi connectivity index (χ2n) is 12.0. The van der Waals surface area contributed by atoms with Gasteiger partial charge in [-0.1, -0.05) is 121 Å². The number of aromatic nitrogens is 2. The molecule has 8 aromatic carbocycles. The highest BCUT2D eigenvalue weighted by Gasteiger charge is 2.17. The second-order valence-corrected chi connectivity index (χ2v) is 12.0. The molecule has 2 aromatic heterocycles. The van der Waals surface area contributed by atoms with E-state index >= 15 is 0 Å². The molecule has 234 valence electrons. The zero-order valence-electron chi connectivity index (χ0n) is 38.4. The normalized spacial score (nSPS) is 15.0. The van der Waals surface area contributed by atoms with Crippen LogP contribution in [0.5, 0.6) is 0 Å². The minimum Gasteiger partial charge on any atom is -0.309 e. The van der Waals surface area contributed by atoms with Gasteiger partial charge in [0.2, 0.25) is 0 Å². The Balaban J connectivity index is 1.41. The predicted molar refractivity (Wildman–Crippen MR) is 211 cm³/mol. The molecule has 0 saturated heterocycles. The molecular formula is C48H32N2. The van der Waals surface area contributed by atoms with Crippen molar-refractivity contribution >= 4 is 43.6 Å². The van der Waals surface area contributed by atoms with Gasteiger partial charge in [-0.05, 0) is 106 Å². The molecule has 10 rings (SSSR count). The average Bonchev–Trinajstić information content (AvgIpc) is 3.85. The Kier molecular flexibility index (Phi) is 4.32. The molecule has 0 aliphatic heterocycles. The molecular weight excluding hydrogens is 605 g/mol. The average molecular weight is 649 g/mol. The molecule has 10 aromatic rings. The maximum absolute atomic E-state index is 9.96. The Morgan fingerprint density at radius 2 is 0.540 bits per heavy atom. The molecule has 2 nitrogen and oxygen atoms in total. The van der Waals surface area contributed by atoms with Crippen molar-refractivity contribution in [1.82, 2.24) is 9.13 Å². The molecule has 2 heterocycles. The van der Waals surface area contributed by atoms with E-state index in [4.69, 9.17) is 2.74 Å². The smallest absolute Gasteiger partial charge is 0.0645 e. The second kappa shape index (κ2) is 11.5. The zero-order chi connectivity index (χ0) is 43.5. The van der Waals surface area contributed by atoms with Gasteiger partial charge in [0.1, 0.15) is 0 Å². The summed E-state index contributed by atoms with van der Waals surface area (Å²) in [5.41, 5.74) is 1.81. The number of benzene rings is 8. The van der Waals surface area contributed by atoms with Crippen LogP contribution in [0.25, 0.3) is 88.4 Å². The van der Waals surface area contributed by atoms with Crippen LogP contribution < -0.4 is 0 Å². The quantitative estimate of drug-likeness (QED) is 0.176. The minimum atomic E-state index is -0.534. The minimum absolute atomic E-state index is 0.00696. The molecule has 0 saturated carbocycles. The van der Waals surface area contributed by atoms with Crippen molar-refractivity contribution in [3.63, 3.8) is 0 Å². The van der Waals surface area contributed by atoms with E-state index in [-0.39, 0.29) is 102 Å². The summed E-state index contributed by atoms with van der Waals surface area (Å²) in [6.07, 6.45) is 0. The first-order chi connectivity index (χ1) is 29.9. The lowest BCUT2D eigenvalue weighted by atomic mass is 9.98. The van der Waals surface area contributed by atoms with Crippen molar-refractivity contribution < 1.29 is 16.4 Å². The molecule has 0 aliphatic carbocycles. The van der Waals surface area contributed by atoms with Crippen LogP contribution in [0.1, 0.15) is 16.4 Å². The van der Waals surface area contributed by atoms with Crippen molar-refractivity contribution in [3.05, 3.63) is 194 Å². The number of hydrogen-bond donors (Lipinski definition) is 0. The van der Waals surface area contributed by atoms with E-state index < -0.39 is 36.3 Å². The van der Waals surface area contributed by atoms with Crippen LogP contribution >= 0.6 is 0 Å². The third-order valence-corrected chi connectivity index (χ3v) is 8.97. The number of hydrogen-bond acceptors (Lipinski definition) is 0. The summed E-state index contributed by atoms with van der Waals surface area (Å²) in [5.74, 6) is 0. The molecule has 0 unspecified atom stereocenters. The van der Waals surface area contributed by atoms with Crippen LogP contribution in [0.15, 0.2) is 194 Å². The summed E-state index contributed by atoms with van der Waals surface area (Å²) in [5, 5.41) is 0.175. The van der Waals surface area contributed by atoms with Crippen molar-refractivity contribution in [2.75, 3.05) is 0 Å². The van der Waals surface area contributed by atoms with Gasteiger partial charge in [-0.15, -0.1) is 0 Å². The van der Waals surface area contributed by atoms with Crippen LogP contribution in [0, 0.1) is 0 Å². The number of rotatable bonds is 5. The lowest BCUT2D eigenvalue weighted by molar-refractivity contribution is 1.18. The van der Waals surface area contributed by atoms with Crippen LogP contribution in [-0.4, -0.2) is 9.13 Å². The predicted octanol–water partition coefficient (Wildman–Crippen LogP) is 12.9. The van der Waals surface area contributed by atoms with Crippen molar-refractivity contribution in [3.8, 4) is 44.8 Å². The molecule has 2 heteroatoms. The molecule has 0 radical (unpaired) electrons. The van der Waals surface area contributed by atoms with Crippen LogP contribution in [0.2, 0.25) is 0 Å². The van der Waals surface area contributed by atoms with E-state index in [0.717, 1.165) is 0 Å². The fourth-order valence-electron chi connectivity index (χ4n) is 6.64. The monoisotopic (exact) mass is 648 g/mol. The molecule has 0 N–H and O–H groups in total. The molecule has 0 fully saturated rings. The van der Waals surface area contributed by atoms with Crippen molar-refractivity contribution in [2.45, 2.75) is 0 Å². The third kappa shape index (κ3) is 4.57. The summed E-state index contributed by atoms with van der Waals surface area (Å²) < 4.78 is 118. The fraction of sp³-hybridized carbons (Fsp3) is 0. The van der Waals surface area contributed by atoms with E-state index in [1.807, 2.05) is 0 Å². The summed E-state index contributed by atoms with van der Waals surface area (Å²) in [7, 11) is 0. The van der Waals surface area contributed by atoms with Gasteiger partial charge in [-0.25, -0.2) is 0 Å². The lowest BCUT2D eigenvalue weighted by Crippen LogP contribution is -1.93. The summed E-state index contributed by atoms with van der Waals surface area (Å²) in [6.45, 7) is 0. The van der Waals surface area contributed by atoms with E-state index in [9.17, 15) is 13.7 Å². The topological polar surface area (TPSA) is 9.86 Å². The van der Waals surface area contributed by atoms with Gasteiger partial charge in [-0.3, -0.25) is 0 Å². The maximum Gasteiger partial charge on any atom is 0.0645 e. The Morgan fingerprint density at radius 3 is 0.840 bits per heavy atom. The highest BCUT2D eigenvalue weighted by molar-refractivity contribution is 6.14. The molecule has 0 amide bonds. The van der Waals surface area contributed by atoms with Crippen LogP contribution in [0.3, 0.4) is 0 Å². The van der Waals surface area contributed by atoms with Gasteiger partial charge in [0, 0.05) is 32.9 Å². The summed E-state index contributed by atoms with van der Waals surface area (Å²) in [4.78, 5) is 0. The molecule has 0 spiro atoms. The SMILES string of the molecule is [2H]c1c(-c2ccccc2)c([2H])c2c3c([2H])c(-c4c([2H])c([2H])c5c(c4[2H])c4c([2H])c(-c6ccccc6)c([2H])c([2H])c4n5-c4ccccc4)c([2H])c([2H])c3n(-c3ccccc3)c2c1[2H]. The number of para-hydroxylation sites is 2. The Hall–Kier alpha value is -6.64. The van der Waals surface area contributed by atoms with Crippen LogP contribution in [-0.2, 0) is 0 Å². The van der Waals surface area contributed by atoms with Gasteiger partial charge < -0.3 is 9.13 Å². The highest BCUT2D eigenvalue weighted by Crippen LogP contribution is 2.40. The first-order valence-corrected chi connectivity index (χ1v) is 16.2. The van der Waals surface area contributed by atoms with Crippen molar-refractivity contribution in [2.24, 2.45) is 0 Å². The van der Waals surface area contributed by atoms with Gasteiger partial charge in [0.25, 0.3) is 0 Å². The van der Waals surface area contributed by atoms with Gasteiger partial charge in [0.15, 0.2) is 0 Å².